The minimum Gasteiger partial charge on any atom is -0.480 e. The van der Waals surface area contributed by atoms with Crippen molar-refractivity contribution in [2.75, 3.05) is 13.2 Å². The van der Waals surface area contributed by atoms with Gasteiger partial charge in [0.25, 0.3) is 0 Å². The fourth-order valence-corrected chi connectivity index (χ4v) is 6.04. The molecule has 0 radical (unpaired) electrons. The average Bonchev–Trinajstić information content (AvgIpc) is 3.43. The lowest BCUT2D eigenvalue weighted by Crippen LogP contribution is -2.57. The summed E-state index contributed by atoms with van der Waals surface area (Å²) < 4.78 is 11.0. The van der Waals surface area contributed by atoms with Crippen LogP contribution in [0.2, 0.25) is 0 Å². The van der Waals surface area contributed by atoms with Gasteiger partial charge in [0, 0.05) is 18.0 Å². The van der Waals surface area contributed by atoms with Crippen molar-refractivity contribution in [1.29, 1.82) is 0 Å². The second-order valence-corrected chi connectivity index (χ2v) is 12.9. The fourth-order valence-electron chi connectivity index (χ4n) is 6.04. The molecular formula is C33H43N3O7. The van der Waals surface area contributed by atoms with Crippen LogP contribution >= 0.6 is 0 Å². The number of carbonyl (C=O) groups is 4. The van der Waals surface area contributed by atoms with E-state index in [0.29, 0.717) is 32.2 Å². The van der Waals surface area contributed by atoms with Crippen LogP contribution in [0.4, 0.5) is 9.59 Å². The number of unbranched alkanes of at least 4 members (excludes halogenated alkanes) is 1. The molecule has 2 aromatic carbocycles. The smallest absolute Gasteiger partial charge is 0.408 e. The van der Waals surface area contributed by atoms with Gasteiger partial charge in [0.15, 0.2) is 0 Å². The summed E-state index contributed by atoms with van der Waals surface area (Å²) in [6.45, 7) is 9.37. The molecule has 10 nitrogen and oxygen atoms in total. The summed E-state index contributed by atoms with van der Waals surface area (Å²) >= 11 is 0. The number of amides is 3. The van der Waals surface area contributed by atoms with E-state index in [1.807, 2.05) is 38.1 Å². The third-order valence-corrected chi connectivity index (χ3v) is 8.04. The Hall–Kier alpha value is -4.08. The van der Waals surface area contributed by atoms with E-state index in [-0.39, 0.29) is 18.9 Å². The van der Waals surface area contributed by atoms with Gasteiger partial charge in [-0.25, -0.2) is 14.4 Å². The largest absolute Gasteiger partial charge is 0.480 e. The Labute approximate surface area is 253 Å². The monoisotopic (exact) mass is 593 g/mol. The number of rotatable bonds is 10. The predicted molar refractivity (Wildman–Crippen MR) is 162 cm³/mol. The SMILES string of the molecule is CC(C)(C)OC(=O)N[C@@H](CCCCNC(=O)OCC1c2ccccc2-c2ccccc21)C(=O)N1[C@H](C(=O)O)CCC1(C)C. The molecule has 1 saturated heterocycles. The molecule has 1 heterocycles. The van der Waals surface area contributed by atoms with E-state index in [0.717, 1.165) is 22.3 Å². The lowest BCUT2D eigenvalue weighted by Gasteiger charge is -2.37. The van der Waals surface area contributed by atoms with Crippen LogP contribution < -0.4 is 10.6 Å². The molecule has 0 saturated carbocycles. The molecule has 3 N–H and O–H groups in total. The molecule has 10 heteroatoms. The van der Waals surface area contributed by atoms with E-state index in [4.69, 9.17) is 9.47 Å². The molecule has 0 aromatic heterocycles. The number of nitrogens with one attached hydrogen (secondary N) is 2. The van der Waals surface area contributed by atoms with Crippen LogP contribution in [0.25, 0.3) is 11.1 Å². The number of hydrogen-bond donors (Lipinski definition) is 3. The number of aliphatic carboxylic acids is 1. The summed E-state index contributed by atoms with van der Waals surface area (Å²) in [6.07, 6.45) is 0.882. The number of likely N-dealkylation sites (tertiary alicyclic amines) is 1. The maximum atomic E-state index is 13.6. The first kappa shape index (κ1) is 31.8. The summed E-state index contributed by atoms with van der Waals surface area (Å²) in [7, 11) is 0. The van der Waals surface area contributed by atoms with Crippen LogP contribution in [0, 0.1) is 0 Å². The van der Waals surface area contributed by atoms with Crippen molar-refractivity contribution in [2.24, 2.45) is 0 Å². The number of hydrogen-bond acceptors (Lipinski definition) is 6. The number of carboxylic acid groups (broad SMARTS) is 1. The highest BCUT2D eigenvalue weighted by Crippen LogP contribution is 2.44. The lowest BCUT2D eigenvalue weighted by molar-refractivity contribution is -0.152. The number of ether oxygens (including phenoxy) is 2. The highest BCUT2D eigenvalue weighted by Gasteiger charge is 2.47. The topological polar surface area (TPSA) is 134 Å². The Morgan fingerprint density at radius 1 is 0.977 bits per heavy atom. The minimum atomic E-state index is -1.07. The van der Waals surface area contributed by atoms with E-state index >= 15 is 0 Å². The number of carbonyl (C=O) groups excluding carboxylic acids is 3. The predicted octanol–water partition coefficient (Wildman–Crippen LogP) is 5.44. The Morgan fingerprint density at radius 2 is 1.58 bits per heavy atom. The van der Waals surface area contributed by atoms with E-state index in [2.05, 4.69) is 34.9 Å². The first-order valence-corrected chi connectivity index (χ1v) is 14.9. The van der Waals surface area contributed by atoms with Crippen molar-refractivity contribution in [2.45, 2.75) is 95.9 Å². The molecule has 2 aliphatic rings. The van der Waals surface area contributed by atoms with Crippen molar-refractivity contribution in [3.63, 3.8) is 0 Å². The maximum Gasteiger partial charge on any atom is 0.408 e. The average molecular weight is 594 g/mol. The number of alkyl carbamates (subject to hydrolysis) is 2. The highest BCUT2D eigenvalue weighted by atomic mass is 16.6. The van der Waals surface area contributed by atoms with Crippen LogP contribution in [0.1, 0.15) is 83.8 Å². The summed E-state index contributed by atoms with van der Waals surface area (Å²) in [6, 6.07) is 14.3. The second-order valence-electron chi connectivity index (χ2n) is 12.9. The molecule has 1 aliphatic heterocycles. The third kappa shape index (κ3) is 7.66. The normalized spacial score (nSPS) is 17.9. The summed E-state index contributed by atoms with van der Waals surface area (Å²) in [5.74, 6) is -1.55. The van der Waals surface area contributed by atoms with Crippen LogP contribution in [0.15, 0.2) is 48.5 Å². The first-order chi connectivity index (χ1) is 20.3. The number of benzene rings is 2. The summed E-state index contributed by atoms with van der Waals surface area (Å²) in [5.41, 5.74) is 3.15. The molecule has 0 bridgehead atoms. The molecule has 1 fully saturated rings. The van der Waals surface area contributed by atoms with Crippen LogP contribution in [-0.4, -0.2) is 70.4 Å². The molecule has 0 unspecified atom stereocenters. The van der Waals surface area contributed by atoms with E-state index in [9.17, 15) is 24.3 Å². The minimum absolute atomic E-state index is 0.0340. The Kier molecular flexibility index (Phi) is 9.67. The summed E-state index contributed by atoms with van der Waals surface area (Å²) in [4.78, 5) is 52.0. The van der Waals surface area contributed by atoms with Gasteiger partial charge in [0.05, 0.1) is 0 Å². The second kappa shape index (κ2) is 13.1. The lowest BCUT2D eigenvalue weighted by atomic mass is 9.98. The number of fused-ring (bicyclic) bond motifs is 3. The van der Waals surface area contributed by atoms with Crippen molar-refractivity contribution < 1.29 is 33.8 Å². The van der Waals surface area contributed by atoms with Crippen molar-refractivity contribution in [1.82, 2.24) is 15.5 Å². The molecule has 0 spiro atoms. The molecule has 43 heavy (non-hydrogen) atoms. The summed E-state index contributed by atoms with van der Waals surface area (Å²) in [5, 5.41) is 15.2. The molecule has 1 aliphatic carbocycles. The van der Waals surface area contributed by atoms with E-state index in [1.165, 1.54) is 4.90 Å². The molecule has 4 rings (SSSR count). The van der Waals surface area contributed by atoms with Gasteiger partial charge in [-0.3, -0.25) is 4.79 Å². The first-order valence-electron chi connectivity index (χ1n) is 14.9. The van der Waals surface area contributed by atoms with Crippen LogP contribution in [0.5, 0.6) is 0 Å². The standard InChI is InChI=1S/C33H43N3O7/c1-32(2,3)43-31(41)35-26(28(37)36-27(29(38)39)17-18-33(36,4)5)16-10-11-19-34-30(40)42-20-25-23-14-8-6-12-21(23)22-13-7-9-15-24(22)25/h6-9,12-15,25-27H,10-11,16-20H2,1-5H3,(H,34,40)(H,35,41)(H,38,39)/t26-,27-/m0/s1. The molecule has 2 atom stereocenters. The quantitative estimate of drug-likeness (QED) is 0.312. The van der Waals surface area contributed by atoms with Gasteiger partial charge in [-0.05, 0) is 89.0 Å². The third-order valence-electron chi connectivity index (χ3n) is 8.04. The van der Waals surface area contributed by atoms with Crippen molar-refractivity contribution >= 4 is 24.1 Å². The highest BCUT2D eigenvalue weighted by molar-refractivity contribution is 5.90. The maximum absolute atomic E-state index is 13.6. The van der Waals surface area contributed by atoms with Crippen molar-refractivity contribution in [3.05, 3.63) is 59.7 Å². The van der Waals surface area contributed by atoms with Gasteiger partial charge in [0.1, 0.15) is 24.3 Å². The molecule has 3 amide bonds. The van der Waals surface area contributed by atoms with E-state index < -0.39 is 47.3 Å². The zero-order valence-electron chi connectivity index (χ0n) is 25.6. The van der Waals surface area contributed by atoms with Gasteiger partial charge in [0.2, 0.25) is 5.91 Å². The zero-order chi connectivity index (χ0) is 31.4. The van der Waals surface area contributed by atoms with Gasteiger partial charge < -0.3 is 30.1 Å². The van der Waals surface area contributed by atoms with E-state index in [1.54, 1.807) is 20.8 Å². The van der Waals surface area contributed by atoms with Gasteiger partial charge in [-0.1, -0.05) is 48.5 Å². The van der Waals surface area contributed by atoms with Crippen LogP contribution in [0.3, 0.4) is 0 Å². The van der Waals surface area contributed by atoms with Gasteiger partial charge in [-0.2, -0.15) is 0 Å². The van der Waals surface area contributed by atoms with Gasteiger partial charge in [-0.15, -0.1) is 0 Å². The van der Waals surface area contributed by atoms with Gasteiger partial charge >= 0.3 is 18.2 Å². The zero-order valence-corrected chi connectivity index (χ0v) is 25.6. The molecule has 232 valence electrons. The van der Waals surface area contributed by atoms with Crippen LogP contribution in [-0.2, 0) is 19.1 Å². The fraction of sp³-hybridized carbons (Fsp3) is 0.515. The molecule has 2 aromatic rings. The number of nitrogens with zero attached hydrogens (tertiary/aromatic N) is 1. The van der Waals surface area contributed by atoms with Crippen molar-refractivity contribution in [3.8, 4) is 11.1 Å². The molecular weight excluding hydrogens is 550 g/mol. The Bertz CT molecular complexity index is 1300. The number of carboxylic acids is 1. The Morgan fingerprint density at radius 3 is 2.16 bits per heavy atom. The Balaban J connectivity index is 1.30.